The second-order valence-electron chi connectivity index (χ2n) is 7.12. The maximum absolute atomic E-state index is 10.3. The minimum atomic E-state index is 0.136. The van der Waals surface area contributed by atoms with Crippen LogP contribution in [0.25, 0.3) is 11.3 Å². The van der Waals surface area contributed by atoms with Crippen molar-refractivity contribution in [2.75, 3.05) is 6.61 Å². The smallest absolute Gasteiger partial charge is 0.206 e. The number of nitrogens with zero attached hydrogens (tertiary/aromatic N) is 3. The fourth-order valence-electron chi connectivity index (χ4n) is 2.71. The maximum atomic E-state index is 10.3. The molecule has 0 bridgehead atoms. The molecule has 0 radical (unpaired) electrons. The van der Waals surface area contributed by atoms with Gasteiger partial charge in [-0.3, -0.25) is 4.99 Å². The number of ether oxygens (including phenoxy) is 1. The molecule has 0 amide bonds. The number of aryl methyl sites for hydroxylation is 1. The Bertz CT molecular complexity index is 1050. The topological polar surface area (TPSA) is 59.1 Å². The number of phenols is 1. The first kappa shape index (κ1) is 20.9. The van der Waals surface area contributed by atoms with Crippen LogP contribution in [-0.4, -0.2) is 28.6 Å². The van der Waals surface area contributed by atoms with Gasteiger partial charge in [-0.15, -0.1) is 11.3 Å². The lowest BCUT2D eigenvalue weighted by atomic mass is 10.1. The Labute approximate surface area is 175 Å². The number of aromatic hydroxyl groups is 1. The van der Waals surface area contributed by atoms with Crippen molar-refractivity contribution in [3.63, 3.8) is 0 Å². The summed E-state index contributed by atoms with van der Waals surface area (Å²) in [4.78, 5) is 5.50. The van der Waals surface area contributed by atoms with Crippen LogP contribution in [0.2, 0.25) is 0 Å². The molecule has 0 unspecified atom stereocenters. The third kappa shape index (κ3) is 5.35. The van der Waals surface area contributed by atoms with Crippen molar-refractivity contribution in [2.45, 2.75) is 40.2 Å². The van der Waals surface area contributed by atoms with Crippen LogP contribution in [0.4, 0.5) is 0 Å². The fraction of sp³-hybridized carbons (Fsp3) is 0.304. The highest BCUT2D eigenvalue weighted by molar-refractivity contribution is 7.07. The third-order valence-electron chi connectivity index (χ3n) is 4.19. The van der Waals surface area contributed by atoms with Gasteiger partial charge in [-0.25, -0.2) is 4.68 Å². The van der Waals surface area contributed by atoms with Gasteiger partial charge in [0.2, 0.25) is 4.80 Å². The molecule has 0 saturated heterocycles. The van der Waals surface area contributed by atoms with Crippen LogP contribution in [0.15, 0.2) is 57.9 Å². The van der Waals surface area contributed by atoms with E-state index in [-0.39, 0.29) is 11.8 Å². The van der Waals surface area contributed by atoms with E-state index in [0.717, 1.165) is 22.5 Å². The van der Waals surface area contributed by atoms with E-state index in [4.69, 9.17) is 9.73 Å². The summed E-state index contributed by atoms with van der Waals surface area (Å²) in [7, 11) is 0. The molecule has 0 aliphatic heterocycles. The van der Waals surface area contributed by atoms with Gasteiger partial charge in [0.05, 0.1) is 18.5 Å². The molecule has 29 heavy (non-hydrogen) atoms. The highest BCUT2D eigenvalue weighted by Gasteiger charge is 2.08. The monoisotopic (exact) mass is 409 g/mol. The molecular weight excluding hydrogens is 382 g/mol. The van der Waals surface area contributed by atoms with Crippen LogP contribution in [0, 0.1) is 6.92 Å². The molecule has 0 spiro atoms. The molecular formula is C23H27N3O2S. The molecule has 5 nitrogen and oxygen atoms in total. The van der Waals surface area contributed by atoms with E-state index >= 15 is 0 Å². The zero-order valence-corrected chi connectivity index (χ0v) is 18.1. The van der Waals surface area contributed by atoms with E-state index in [2.05, 4.69) is 41.7 Å². The number of rotatable bonds is 7. The summed E-state index contributed by atoms with van der Waals surface area (Å²) in [5, 5.41) is 17.1. The second-order valence-corrected chi connectivity index (χ2v) is 7.95. The van der Waals surface area contributed by atoms with Crippen molar-refractivity contribution in [2.24, 2.45) is 10.1 Å². The average Bonchev–Trinajstić information content (AvgIpc) is 3.08. The van der Waals surface area contributed by atoms with Crippen LogP contribution in [-0.2, 0) is 0 Å². The Hall–Kier alpha value is -2.86. The summed E-state index contributed by atoms with van der Waals surface area (Å²) in [6, 6.07) is 13.8. The number of hydrogen-bond donors (Lipinski definition) is 1. The molecule has 0 aliphatic carbocycles. The van der Waals surface area contributed by atoms with E-state index in [0.29, 0.717) is 17.9 Å². The Morgan fingerprint density at radius 1 is 1.17 bits per heavy atom. The third-order valence-corrected chi connectivity index (χ3v) is 5.02. The maximum Gasteiger partial charge on any atom is 0.206 e. The van der Waals surface area contributed by atoms with Gasteiger partial charge >= 0.3 is 0 Å². The highest BCUT2D eigenvalue weighted by atomic mass is 32.1. The minimum Gasteiger partial charge on any atom is -0.507 e. The largest absolute Gasteiger partial charge is 0.507 e. The Kier molecular flexibility index (Phi) is 6.88. The molecule has 0 atom stereocenters. The van der Waals surface area contributed by atoms with Crippen LogP contribution in [0.5, 0.6) is 11.5 Å². The summed E-state index contributed by atoms with van der Waals surface area (Å²) in [6.07, 6.45) is 2.57. The molecule has 152 valence electrons. The van der Waals surface area contributed by atoms with Gasteiger partial charge in [-0.05, 0) is 39.3 Å². The standard InChI is InChI=1S/C23H27N3O2S/c1-5-12-28-20-11-10-19(22(27)13-20)14-24-26-21(15-29-23(26)25-16(2)3)18-8-6-17(4)7-9-18/h6-11,13-16,27H,5,12H2,1-4H3. The zero-order chi connectivity index (χ0) is 20.8. The van der Waals surface area contributed by atoms with Gasteiger partial charge in [0.1, 0.15) is 11.5 Å². The van der Waals surface area contributed by atoms with Crippen molar-refractivity contribution in [1.29, 1.82) is 0 Å². The quantitative estimate of drug-likeness (QED) is 0.545. The molecule has 1 aromatic heterocycles. The SMILES string of the molecule is CCCOc1ccc(C=Nn2c(-c3ccc(C)cc3)csc2=NC(C)C)c(O)c1. The molecule has 0 aliphatic rings. The normalized spacial score (nSPS) is 12.2. The molecule has 0 fully saturated rings. The van der Waals surface area contributed by atoms with Crippen LogP contribution >= 0.6 is 11.3 Å². The lowest BCUT2D eigenvalue weighted by Gasteiger charge is -2.07. The van der Waals surface area contributed by atoms with Crippen LogP contribution < -0.4 is 9.54 Å². The van der Waals surface area contributed by atoms with Crippen LogP contribution in [0.1, 0.15) is 38.3 Å². The van der Waals surface area contributed by atoms with Gasteiger partial charge in [-0.1, -0.05) is 36.8 Å². The number of phenolic OH excluding ortho intramolecular Hbond substituents is 1. The van der Waals surface area contributed by atoms with Crippen molar-refractivity contribution >= 4 is 17.6 Å². The lowest BCUT2D eigenvalue weighted by molar-refractivity contribution is 0.315. The molecule has 2 aromatic carbocycles. The van der Waals surface area contributed by atoms with Gasteiger partial charge in [0.25, 0.3) is 0 Å². The Morgan fingerprint density at radius 2 is 1.93 bits per heavy atom. The summed E-state index contributed by atoms with van der Waals surface area (Å²) in [6.45, 7) is 8.82. The minimum absolute atomic E-state index is 0.136. The van der Waals surface area contributed by atoms with Gasteiger partial charge < -0.3 is 9.84 Å². The Balaban J connectivity index is 1.99. The molecule has 1 heterocycles. The van der Waals surface area contributed by atoms with E-state index in [1.54, 1.807) is 23.6 Å². The predicted octanol–water partition coefficient (Wildman–Crippen LogP) is 5.21. The molecule has 6 heteroatoms. The molecule has 3 aromatic rings. The zero-order valence-electron chi connectivity index (χ0n) is 17.3. The van der Waals surface area contributed by atoms with E-state index < -0.39 is 0 Å². The first-order valence-corrected chi connectivity index (χ1v) is 10.7. The van der Waals surface area contributed by atoms with Gasteiger partial charge in [-0.2, -0.15) is 5.10 Å². The number of thiazole rings is 1. The van der Waals surface area contributed by atoms with E-state index in [1.165, 1.54) is 5.56 Å². The van der Waals surface area contributed by atoms with E-state index in [1.807, 2.05) is 37.6 Å². The fourth-order valence-corrected chi connectivity index (χ4v) is 3.68. The summed E-state index contributed by atoms with van der Waals surface area (Å²) in [5.41, 5.74) is 3.87. The van der Waals surface area contributed by atoms with Crippen molar-refractivity contribution in [3.8, 4) is 22.8 Å². The number of hydrogen-bond acceptors (Lipinski definition) is 5. The lowest BCUT2D eigenvalue weighted by Crippen LogP contribution is -2.14. The highest BCUT2D eigenvalue weighted by Crippen LogP contribution is 2.24. The van der Waals surface area contributed by atoms with Gasteiger partial charge in [0, 0.05) is 28.6 Å². The van der Waals surface area contributed by atoms with E-state index in [9.17, 15) is 5.11 Å². The molecule has 3 rings (SSSR count). The summed E-state index contributed by atoms with van der Waals surface area (Å²) < 4.78 is 7.40. The summed E-state index contributed by atoms with van der Waals surface area (Å²) >= 11 is 1.55. The number of benzene rings is 2. The Morgan fingerprint density at radius 3 is 2.59 bits per heavy atom. The van der Waals surface area contributed by atoms with Gasteiger partial charge in [0.15, 0.2) is 0 Å². The number of aromatic nitrogens is 1. The predicted molar refractivity (Wildman–Crippen MR) is 120 cm³/mol. The van der Waals surface area contributed by atoms with Crippen molar-refractivity contribution in [1.82, 2.24) is 4.68 Å². The van der Waals surface area contributed by atoms with Crippen molar-refractivity contribution < 1.29 is 9.84 Å². The summed E-state index contributed by atoms with van der Waals surface area (Å²) in [5.74, 6) is 0.790. The first-order valence-electron chi connectivity index (χ1n) is 9.79. The average molecular weight is 410 g/mol. The molecule has 1 N–H and O–H groups in total. The van der Waals surface area contributed by atoms with Crippen LogP contribution in [0.3, 0.4) is 0 Å². The molecule has 0 saturated carbocycles. The first-order chi connectivity index (χ1) is 14.0. The van der Waals surface area contributed by atoms with Crippen molar-refractivity contribution in [3.05, 3.63) is 63.8 Å². The second kappa shape index (κ2) is 9.56.